The Balaban J connectivity index is 2.49. The van der Waals surface area contributed by atoms with E-state index in [2.05, 4.69) is 21.2 Å². The van der Waals surface area contributed by atoms with Gasteiger partial charge in [-0.2, -0.15) is 11.8 Å². The molecule has 0 aliphatic heterocycles. The second kappa shape index (κ2) is 6.93. The fourth-order valence-corrected chi connectivity index (χ4v) is 2.25. The van der Waals surface area contributed by atoms with Crippen LogP contribution >= 0.6 is 27.7 Å². The highest BCUT2D eigenvalue weighted by molar-refractivity contribution is 9.10. The lowest BCUT2D eigenvalue weighted by Crippen LogP contribution is -2.16. The molecule has 16 heavy (non-hydrogen) atoms. The number of anilines is 1. The van der Waals surface area contributed by atoms with E-state index in [1.165, 1.54) is 0 Å². The third kappa shape index (κ3) is 4.55. The molecule has 0 fully saturated rings. The van der Waals surface area contributed by atoms with E-state index in [1.807, 2.05) is 25.1 Å². The van der Waals surface area contributed by atoms with Crippen molar-refractivity contribution in [1.29, 1.82) is 0 Å². The lowest BCUT2D eigenvalue weighted by Gasteiger charge is -2.08. The van der Waals surface area contributed by atoms with Gasteiger partial charge in [-0.1, -0.05) is 15.9 Å². The average Bonchev–Trinajstić information content (AvgIpc) is 2.23. The number of carbonyl (C=O) groups excluding carboxylic acids is 1. The van der Waals surface area contributed by atoms with E-state index in [-0.39, 0.29) is 5.91 Å². The number of carbonyl (C=O) groups is 1. The summed E-state index contributed by atoms with van der Waals surface area (Å²) in [6, 6.07) is 5.78. The summed E-state index contributed by atoms with van der Waals surface area (Å²) in [6.07, 6.45) is 0. The molecule has 0 saturated carbocycles. The van der Waals surface area contributed by atoms with Crippen molar-refractivity contribution in [3.63, 3.8) is 0 Å². The van der Waals surface area contributed by atoms with Crippen molar-refractivity contribution in [2.75, 3.05) is 23.4 Å². The molecular formula is C11H15BrN2OS. The molecular weight excluding hydrogens is 288 g/mol. The first-order valence-electron chi connectivity index (χ1n) is 4.97. The molecule has 88 valence electrons. The normalized spacial score (nSPS) is 10.2. The highest BCUT2D eigenvalue weighted by Crippen LogP contribution is 2.20. The van der Waals surface area contributed by atoms with Crippen molar-refractivity contribution in [3.05, 3.63) is 28.2 Å². The van der Waals surface area contributed by atoms with Crippen molar-refractivity contribution < 1.29 is 4.79 Å². The van der Waals surface area contributed by atoms with Gasteiger partial charge in [-0.25, -0.2) is 0 Å². The molecule has 3 nitrogen and oxygen atoms in total. The predicted octanol–water partition coefficient (Wildman–Crippen LogP) is 2.39. The zero-order valence-electron chi connectivity index (χ0n) is 9.13. The van der Waals surface area contributed by atoms with Crippen LogP contribution < -0.4 is 11.1 Å². The molecule has 0 unspecified atom stereocenters. The quantitative estimate of drug-likeness (QED) is 0.821. The second-order valence-corrected chi connectivity index (χ2v) is 5.37. The molecule has 0 aliphatic carbocycles. The van der Waals surface area contributed by atoms with Gasteiger partial charge in [0.05, 0.1) is 5.75 Å². The van der Waals surface area contributed by atoms with E-state index in [4.69, 9.17) is 5.73 Å². The van der Waals surface area contributed by atoms with Crippen molar-refractivity contribution in [3.8, 4) is 0 Å². The maximum Gasteiger partial charge on any atom is 0.234 e. The van der Waals surface area contributed by atoms with Gasteiger partial charge in [0.15, 0.2) is 0 Å². The molecule has 0 spiro atoms. The highest BCUT2D eigenvalue weighted by Gasteiger charge is 2.04. The third-order valence-electron chi connectivity index (χ3n) is 1.96. The minimum atomic E-state index is 0.0175. The van der Waals surface area contributed by atoms with Crippen LogP contribution in [0.5, 0.6) is 0 Å². The van der Waals surface area contributed by atoms with Crippen LogP contribution in [0.3, 0.4) is 0 Å². The number of halogens is 1. The zero-order valence-corrected chi connectivity index (χ0v) is 11.5. The average molecular weight is 303 g/mol. The number of rotatable bonds is 5. The second-order valence-electron chi connectivity index (χ2n) is 3.35. The molecule has 5 heteroatoms. The maximum atomic E-state index is 11.5. The van der Waals surface area contributed by atoms with E-state index in [0.717, 1.165) is 21.5 Å². The van der Waals surface area contributed by atoms with Crippen molar-refractivity contribution in [1.82, 2.24) is 0 Å². The molecule has 3 N–H and O–H groups in total. The number of hydrogen-bond donors (Lipinski definition) is 2. The summed E-state index contributed by atoms with van der Waals surface area (Å²) < 4.78 is 1.01. The van der Waals surface area contributed by atoms with Crippen LogP contribution in [0.25, 0.3) is 0 Å². The van der Waals surface area contributed by atoms with E-state index in [9.17, 15) is 4.79 Å². The molecule has 1 aromatic carbocycles. The van der Waals surface area contributed by atoms with E-state index in [0.29, 0.717) is 12.3 Å². The summed E-state index contributed by atoms with van der Waals surface area (Å²) in [7, 11) is 0. The Morgan fingerprint density at radius 3 is 2.94 bits per heavy atom. The van der Waals surface area contributed by atoms with Gasteiger partial charge in [-0.15, -0.1) is 0 Å². The summed E-state index contributed by atoms with van der Waals surface area (Å²) in [5, 5.41) is 2.87. The fourth-order valence-electron chi connectivity index (χ4n) is 1.20. The molecule has 1 aromatic rings. The number of hydrogen-bond acceptors (Lipinski definition) is 3. The Kier molecular flexibility index (Phi) is 5.87. The minimum absolute atomic E-state index is 0.0175. The molecule has 0 aromatic heterocycles. The van der Waals surface area contributed by atoms with Gasteiger partial charge in [0.1, 0.15) is 0 Å². The van der Waals surface area contributed by atoms with Gasteiger partial charge in [0.25, 0.3) is 0 Å². The smallest absolute Gasteiger partial charge is 0.234 e. The highest BCUT2D eigenvalue weighted by atomic mass is 79.9. The van der Waals surface area contributed by atoms with Crippen molar-refractivity contribution in [2.45, 2.75) is 6.92 Å². The van der Waals surface area contributed by atoms with Gasteiger partial charge < -0.3 is 11.1 Å². The monoisotopic (exact) mass is 302 g/mol. The Morgan fingerprint density at radius 1 is 1.56 bits per heavy atom. The lowest BCUT2D eigenvalue weighted by molar-refractivity contribution is -0.113. The topological polar surface area (TPSA) is 55.1 Å². The van der Waals surface area contributed by atoms with Crippen LogP contribution in [-0.4, -0.2) is 24.0 Å². The SMILES string of the molecule is Cc1cc(Br)ccc1NC(=O)CSCCN. The molecule has 0 atom stereocenters. The number of benzene rings is 1. The van der Waals surface area contributed by atoms with Crippen LogP contribution in [0.4, 0.5) is 5.69 Å². The van der Waals surface area contributed by atoms with Crippen molar-refractivity contribution in [2.24, 2.45) is 5.73 Å². The Labute approximate surface area is 108 Å². The zero-order chi connectivity index (χ0) is 12.0. The van der Waals surface area contributed by atoms with Crippen LogP contribution in [0, 0.1) is 6.92 Å². The summed E-state index contributed by atoms with van der Waals surface area (Å²) >= 11 is 4.93. The molecule has 0 saturated heterocycles. The van der Waals surface area contributed by atoms with Crippen LogP contribution in [0.2, 0.25) is 0 Å². The summed E-state index contributed by atoms with van der Waals surface area (Å²) in [5.74, 6) is 1.28. The number of thioether (sulfide) groups is 1. The predicted molar refractivity (Wildman–Crippen MR) is 73.9 cm³/mol. The number of nitrogens with one attached hydrogen (secondary N) is 1. The van der Waals surface area contributed by atoms with Gasteiger partial charge in [0.2, 0.25) is 5.91 Å². The lowest BCUT2D eigenvalue weighted by atomic mass is 10.2. The van der Waals surface area contributed by atoms with Gasteiger partial charge in [0, 0.05) is 22.5 Å². The van der Waals surface area contributed by atoms with Gasteiger partial charge in [-0.05, 0) is 30.7 Å². The maximum absolute atomic E-state index is 11.5. The first kappa shape index (κ1) is 13.5. The van der Waals surface area contributed by atoms with Gasteiger partial charge in [-0.3, -0.25) is 4.79 Å². The molecule has 0 radical (unpaired) electrons. The molecule has 1 amide bonds. The Hall–Kier alpha value is -0.520. The Bertz CT molecular complexity index is 371. The molecule has 0 heterocycles. The van der Waals surface area contributed by atoms with Crippen molar-refractivity contribution >= 4 is 39.3 Å². The molecule has 1 rings (SSSR count). The number of aryl methyl sites for hydroxylation is 1. The largest absolute Gasteiger partial charge is 0.330 e. The summed E-state index contributed by atoms with van der Waals surface area (Å²) in [5.41, 5.74) is 7.26. The van der Waals surface area contributed by atoms with E-state index >= 15 is 0 Å². The van der Waals surface area contributed by atoms with E-state index in [1.54, 1.807) is 11.8 Å². The van der Waals surface area contributed by atoms with Gasteiger partial charge >= 0.3 is 0 Å². The Morgan fingerprint density at radius 2 is 2.31 bits per heavy atom. The third-order valence-corrected chi connectivity index (χ3v) is 3.44. The first-order chi connectivity index (χ1) is 7.63. The standard InChI is InChI=1S/C11H15BrN2OS/c1-8-6-9(12)2-3-10(8)14-11(15)7-16-5-4-13/h2-3,6H,4-5,7,13H2,1H3,(H,14,15). The molecule has 0 bridgehead atoms. The van der Waals surface area contributed by atoms with Crippen LogP contribution in [-0.2, 0) is 4.79 Å². The first-order valence-corrected chi connectivity index (χ1v) is 6.92. The fraction of sp³-hybridized carbons (Fsp3) is 0.364. The summed E-state index contributed by atoms with van der Waals surface area (Å²) in [6.45, 7) is 2.57. The minimum Gasteiger partial charge on any atom is -0.330 e. The number of amides is 1. The van der Waals surface area contributed by atoms with Crippen LogP contribution in [0.1, 0.15) is 5.56 Å². The molecule has 0 aliphatic rings. The van der Waals surface area contributed by atoms with Crippen LogP contribution in [0.15, 0.2) is 22.7 Å². The number of nitrogens with two attached hydrogens (primary N) is 1. The summed E-state index contributed by atoms with van der Waals surface area (Å²) in [4.78, 5) is 11.5. The van der Waals surface area contributed by atoms with E-state index < -0.39 is 0 Å².